The summed E-state index contributed by atoms with van der Waals surface area (Å²) in [7, 11) is 0. The molecule has 1 aromatic heterocycles. The lowest BCUT2D eigenvalue weighted by Crippen LogP contribution is -2.38. The molecule has 1 unspecified atom stereocenters. The van der Waals surface area contributed by atoms with Gasteiger partial charge in [0.1, 0.15) is 5.84 Å². The molecule has 0 aliphatic heterocycles. The van der Waals surface area contributed by atoms with E-state index < -0.39 is 0 Å². The second kappa shape index (κ2) is 10.3. The average Bonchev–Trinajstić information content (AvgIpc) is 2.80. The zero-order valence-corrected chi connectivity index (χ0v) is 18.0. The van der Waals surface area contributed by atoms with Gasteiger partial charge in [0.05, 0.1) is 24.0 Å². The molecule has 1 aliphatic rings. The van der Waals surface area contributed by atoms with E-state index in [1.165, 1.54) is 22.4 Å². The van der Waals surface area contributed by atoms with Crippen molar-refractivity contribution in [2.75, 3.05) is 13.1 Å². The summed E-state index contributed by atoms with van der Waals surface area (Å²) >= 11 is 0. The molecule has 0 radical (unpaired) electrons. The van der Waals surface area contributed by atoms with Gasteiger partial charge in [-0.3, -0.25) is 9.88 Å². The van der Waals surface area contributed by atoms with Crippen LogP contribution in [0.5, 0.6) is 0 Å². The van der Waals surface area contributed by atoms with E-state index in [-0.39, 0.29) is 6.04 Å². The number of para-hydroxylation sites is 1. The number of pyridine rings is 1. The number of aryl methyl sites for hydroxylation is 1. The monoisotopic (exact) mass is 413 g/mol. The van der Waals surface area contributed by atoms with Gasteiger partial charge < -0.3 is 11.5 Å². The molecular weight excluding hydrogens is 382 g/mol. The summed E-state index contributed by atoms with van der Waals surface area (Å²) in [6, 6.07) is 23.1. The highest BCUT2D eigenvalue weighted by atomic mass is 15.2. The Hall–Kier alpha value is -3.02. The summed E-state index contributed by atoms with van der Waals surface area (Å²) < 4.78 is 0. The molecule has 160 valence electrons. The molecule has 0 bridgehead atoms. The summed E-state index contributed by atoms with van der Waals surface area (Å²) in [6.45, 7) is 2.07. The summed E-state index contributed by atoms with van der Waals surface area (Å²) in [4.78, 5) is 11.8. The number of nitrogens with zero attached hydrogens (tertiary/aromatic N) is 3. The number of nitrogens with two attached hydrogens (primary N) is 2. The number of fused-ring (bicyclic) bond motifs is 1. The van der Waals surface area contributed by atoms with Crippen molar-refractivity contribution in [1.82, 2.24) is 9.88 Å². The van der Waals surface area contributed by atoms with Crippen molar-refractivity contribution >= 4 is 11.5 Å². The first-order valence-corrected chi connectivity index (χ1v) is 11.1. The second-order valence-electron chi connectivity index (χ2n) is 8.15. The average molecular weight is 414 g/mol. The number of aliphatic imine (C=N–C) groups is 1. The minimum atomic E-state index is 0.234. The molecule has 1 aliphatic carbocycles. The maximum Gasteiger partial charge on any atom is 0.114 e. The molecule has 0 amide bonds. The van der Waals surface area contributed by atoms with Crippen LogP contribution in [0.3, 0.4) is 0 Å². The molecule has 3 aromatic rings. The maximum absolute atomic E-state index is 6.42. The van der Waals surface area contributed by atoms with Gasteiger partial charge >= 0.3 is 0 Å². The van der Waals surface area contributed by atoms with Crippen molar-refractivity contribution < 1.29 is 0 Å². The summed E-state index contributed by atoms with van der Waals surface area (Å²) in [5, 5.41) is 0. The highest BCUT2D eigenvalue weighted by Gasteiger charge is 2.27. The Morgan fingerprint density at radius 3 is 2.55 bits per heavy atom. The Balaban J connectivity index is 1.60. The van der Waals surface area contributed by atoms with Crippen LogP contribution in [0.15, 0.2) is 77.9 Å². The van der Waals surface area contributed by atoms with Crippen molar-refractivity contribution in [3.8, 4) is 0 Å². The van der Waals surface area contributed by atoms with Gasteiger partial charge in [-0.2, -0.15) is 0 Å². The van der Waals surface area contributed by atoms with E-state index in [4.69, 9.17) is 16.5 Å². The predicted molar refractivity (Wildman–Crippen MR) is 127 cm³/mol. The normalized spacial score (nSPS) is 16.3. The van der Waals surface area contributed by atoms with Crippen molar-refractivity contribution in [2.45, 2.75) is 38.3 Å². The number of hydrogen-bond donors (Lipinski definition) is 2. The van der Waals surface area contributed by atoms with E-state index in [1.54, 1.807) is 0 Å². The predicted octanol–water partition coefficient (Wildman–Crippen LogP) is 4.15. The number of aromatic nitrogens is 1. The fraction of sp³-hybridized carbons (Fsp3) is 0.308. The lowest BCUT2D eigenvalue weighted by molar-refractivity contribution is 0.191. The molecule has 4 rings (SSSR count). The van der Waals surface area contributed by atoms with Crippen molar-refractivity contribution in [3.05, 3.63) is 95.3 Å². The third-order valence-electron chi connectivity index (χ3n) is 5.84. The number of rotatable bonds is 8. The van der Waals surface area contributed by atoms with E-state index in [9.17, 15) is 0 Å². The fourth-order valence-corrected chi connectivity index (χ4v) is 4.34. The molecule has 0 spiro atoms. The van der Waals surface area contributed by atoms with Crippen LogP contribution in [0.1, 0.15) is 41.3 Å². The summed E-state index contributed by atoms with van der Waals surface area (Å²) in [5.41, 5.74) is 18.1. The van der Waals surface area contributed by atoms with Gasteiger partial charge in [-0.05, 0) is 67.1 Å². The van der Waals surface area contributed by atoms with E-state index >= 15 is 0 Å². The van der Waals surface area contributed by atoms with Gasteiger partial charge in [0.15, 0.2) is 0 Å². The Morgan fingerprint density at radius 1 is 1.00 bits per heavy atom. The Kier molecular flexibility index (Phi) is 7.07. The van der Waals surface area contributed by atoms with Crippen LogP contribution >= 0.6 is 0 Å². The molecule has 5 nitrogen and oxygen atoms in total. The smallest absolute Gasteiger partial charge is 0.114 e. The second-order valence-corrected chi connectivity index (χ2v) is 8.15. The van der Waals surface area contributed by atoms with E-state index in [2.05, 4.69) is 40.2 Å². The molecule has 1 heterocycles. The van der Waals surface area contributed by atoms with Crippen LogP contribution in [0.2, 0.25) is 0 Å². The fourth-order valence-electron chi connectivity index (χ4n) is 4.34. The zero-order chi connectivity index (χ0) is 21.5. The van der Waals surface area contributed by atoms with Crippen LogP contribution in [-0.2, 0) is 19.4 Å². The van der Waals surface area contributed by atoms with Gasteiger partial charge in [0, 0.05) is 12.7 Å². The molecular formula is C26H31N5. The van der Waals surface area contributed by atoms with Gasteiger partial charge in [-0.25, -0.2) is 4.99 Å². The van der Waals surface area contributed by atoms with Crippen LogP contribution in [0.4, 0.5) is 5.69 Å². The maximum atomic E-state index is 6.42. The minimum Gasteiger partial charge on any atom is -0.386 e. The van der Waals surface area contributed by atoms with Crippen LogP contribution in [-0.4, -0.2) is 28.8 Å². The third kappa shape index (κ3) is 5.57. The largest absolute Gasteiger partial charge is 0.386 e. The lowest BCUT2D eigenvalue weighted by Gasteiger charge is -2.35. The standard InChI is InChI=1S/C26H31N5/c27-16-15-20-11-13-21(14-12-20)18-31(19-25(28)30-23-8-2-1-3-9-23)24-10-4-6-22-7-5-17-29-26(22)24/h1-3,5,7-9,11-14,17,24H,4,6,10,15-16,18-19,27H2,(H2,28,30). The summed E-state index contributed by atoms with van der Waals surface area (Å²) in [5.74, 6) is 0.619. The van der Waals surface area contributed by atoms with E-state index in [0.29, 0.717) is 18.9 Å². The van der Waals surface area contributed by atoms with E-state index in [0.717, 1.165) is 37.9 Å². The number of hydrogen-bond acceptors (Lipinski definition) is 4. The van der Waals surface area contributed by atoms with Gasteiger partial charge in [0.2, 0.25) is 0 Å². The Morgan fingerprint density at radius 2 is 1.77 bits per heavy atom. The number of benzene rings is 2. The SMILES string of the molecule is NCCc1ccc(CN(CC(N)=Nc2ccccc2)C2CCCc3cccnc32)cc1. The van der Waals surface area contributed by atoms with E-state index in [1.807, 2.05) is 42.6 Å². The van der Waals surface area contributed by atoms with Crippen molar-refractivity contribution in [1.29, 1.82) is 0 Å². The van der Waals surface area contributed by atoms with Gasteiger partial charge in [-0.1, -0.05) is 48.5 Å². The highest BCUT2D eigenvalue weighted by Crippen LogP contribution is 2.33. The quantitative estimate of drug-likeness (QED) is 0.429. The molecule has 2 aromatic carbocycles. The molecule has 4 N–H and O–H groups in total. The first-order chi connectivity index (χ1) is 15.2. The Bertz CT molecular complexity index is 998. The van der Waals surface area contributed by atoms with Crippen molar-refractivity contribution in [3.63, 3.8) is 0 Å². The van der Waals surface area contributed by atoms with Crippen LogP contribution < -0.4 is 11.5 Å². The van der Waals surface area contributed by atoms with Gasteiger partial charge in [-0.15, -0.1) is 0 Å². The van der Waals surface area contributed by atoms with Gasteiger partial charge in [0.25, 0.3) is 0 Å². The summed E-state index contributed by atoms with van der Waals surface area (Å²) in [6.07, 6.45) is 6.13. The minimum absolute atomic E-state index is 0.234. The van der Waals surface area contributed by atoms with Crippen molar-refractivity contribution in [2.24, 2.45) is 16.5 Å². The first-order valence-electron chi connectivity index (χ1n) is 11.1. The third-order valence-corrected chi connectivity index (χ3v) is 5.84. The molecule has 0 saturated heterocycles. The van der Waals surface area contributed by atoms with Crippen LogP contribution in [0, 0.1) is 0 Å². The molecule has 0 fully saturated rings. The number of amidine groups is 1. The zero-order valence-electron chi connectivity index (χ0n) is 18.0. The molecule has 1 atom stereocenters. The molecule has 31 heavy (non-hydrogen) atoms. The first kappa shape index (κ1) is 21.2. The highest BCUT2D eigenvalue weighted by molar-refractivity contribution is 5.85. The van der Waals surface area contributed by atoms with Crippen LogP contribution in [0.25, 0.3) is 0 Å². The molecule has 5 heteroatoms. The Labute approximate surface area is 184 Å². The lowest BCUT2D eigenvalue weighted by atomic mass is 9.90. The topological polar surface area (TPSA) is 80.5 Å². The molecule has 0 saturated carbocycles.